The summed E-state index contributed by atoms with van der Waals surface area (Å²) in [6, 6.07) is 8.66. The molecule has 2 aliphatic rings. The van der Waals surface area contributed by atoms with Crippen molar-refractivity contribution in [3.05, 3.63) is 29.8 Å². The van der Waals surface area contributed by atoms with E-state index in [9.17, 15) is 4.79 Å². The molecule has 0 spiro atoms. The molecule has 2 atom stereocenters. The summed E-state index contributed by atoms with van der Waals surface area (Å²) in [6.45, 7) is 5.33. The second-order valence-corrected chi connectivity index (χ2v) is 7.32. The molecule has 1 aromatic rings. The lowest BCUT2D eigenvalue weighted by atomic mass is 9.90. The maximum Gasteiger partial charge on any atom is 0.220 e. The molecule has 4 heteroatoms. The molecule has 1 amide bonds. The second kappa shape index (κ2) is 8.02. The summed E-state index contributed by atoms with van der Waals surface area (Å²) in [5.41, 5.74) is 1.26. The third kappa shape index (κ3) is 4.50. The zero-order valence-electron chi connectivity index (χ0n) is 15.0. The Morgan fingerprint density at radius 1 is 1.25 bits per heavy atom. The molecule has 0 aromatic heterocycles. The molecule has 24 heavy (non-hydrogen) atoms. The standard InChI is InChI=1S/C20H30N2O2/c1-15(22-11-3-4-12-22)14-21-20(23)13-19(16-5-6-16)17-7-9-18(24-2)10-8-17/h7-10,15-16,19H,3-6,11-14H2,1-2H3,(H,21,23). The Morgan fingerprint density at radius 3 is 2.50 bits per heavy atom. The first-order valence-corrected chi connectivity index (χ1v) is 9.32. The topological polar surface area (TPSA) is 41.6 Å². The van der Waals surface area contributed by atoms with Crippen LogP contribution in [0.4, 0.5) is 0 Å². The minimum absolute atomic E-state index is 0.189. The van der Waals surface area contributed by atoms with Crippen LogP contribution in [0.1, 0.15) is 50.5 Å². The maximum atomic E-state index is 12.4. The van der Waals surface area contributed by atoms with Gasteiger partial charge >= 0.3 is 0 Å². The van der Waals surface area contributed by atoms with Crippen LogP contribution in [0, 0.1) is 5.92 Å². The second-order valence-electron chi connectivity index (χ2n) is 7.32. The average molecular weight is 330 g/mol. The normalized spacial score (nSPS) is 20.6. The van der Waals surface area contributed by atoms with Gasteiger partial charge in [0.2, 0.25) is 5.91 Å². The molecule has 1 saturated heterocycles. The molecular formula is C20H30N2O2. The first-order valence-electron chi connectivity index (χ1n) is 9.32. The fraction of sp³-hybridized carbons (Fsp3) is 0.650. The Hall–Kier alpha value is -1.55. The van der Waals surface area contributed by atoms with Crippen LogP contribution in [0.5, 0.6) is 5.75 Å². The van der Waals surface area contributed by atoms with Crippen molar-refractivity contribution in [1.29, 1.82) is 0 Å². The molecule has 3 rings (SSSR count). The Morgan fingerprint density at radius 2 is 1.92 bits per heavy atom. The molecule has 4 nitrogen and oxygen atoms in total. The van der Waals surface area contributed by atoms with E-state index >= 15 is 0 Å². The summed E-state index contributed by atoms with van der Waals surface area (Å²) >= 11 is 0. The van der Waals surface area contributed by atoms with Crippen molar-refractivity contribution in [3.63, 3.8) is 0 Å². The Bertz CT molecular complexity index is 533. The van der Waals surface area contributed by atoms with Gasteiger partial charge in [-0.1, -0.05) is 12.1 Å². The van der Waals surface area contributed by atoms with E-state index in [0.29, 0.717) is 24.3 Å². The summed E-state index contributed by atoms with van der Waals surface area (Å²) in [7, 11) is 1.68. The van der Waals surface area contributed by atoms with Crippen molar-refractivity contribution in [2.45, 2.75) is 51.0 Å². The van der Waals surface area contributed by atoms with Crippen molar-refractivity contribution in [2.75, 3.05) is 26.7 Å². The SMILES string of the molecule is COc1ccc(C(CC(=O)NCC(C)N2CCCC2)C2CC2)cc1. The number of amides is 1. The van der Waals surface area contributed by atoms with Gasteiger partial charge in [0, 0.05) is 19.0 Å². The molecule has 132 valence electrons. The number of methoxy groups -OCH3 is 1. The summed E-state index contributed by atoms with van der Waals surface area (Å²) in [6.07, 6.45) is 5.67. The van der Waals surface area contributed by atoms with E-state index in [-0.39, 0.29) is 5.91 Å². The van der Waals surface area contributed by atoms with Crippen LogP contribution in [-0.4, -0.2) is 43.6 Å². The van der Waals surface area contributed by atoms with Crippen molar-refractivity contribution < 1.29 is 9.53 Å². The van der Waals surface area contributed by atoms with Crippen LogP contribution in [-0.2, 0) is 4.79 Å². The van der Waals surface area contributed by atoms with Gasteiger partial charge in [-0.2, -0.15) is 0 Å². The smallest absolute Gasteiger partial charge is 0.220 e. The monoisotopic (exact) mass is 330 g/mol. The van der Waals surface area contributed by atoms with Gasteiger partial charge in [-0.15, -0.1) is 0 Å². The van der Waals surface area contributed by atoms with E-state index in [4.69, 9.17) is 4.74 Å². The quantitative estimate of drug-likeness (QED) is 0.796. The minimum atomic E-state index is 0.189. The zero-order chi connectivity index (χ0) is 16.9. The zero-order valence-corrected chi connectivity index (χ0v) is 15.0. The Kier molecular flexibility index (Phi) is 5.77. The number of carbonyl (C=O) groups is 1. The van der Waals surface area contributed by atoms with E-state index < -0.39 is 0 Å². The predicted octanol–water partition coefficient (Wildman–Crippen LogP) is 3.18. The van der Waals surface area contributed by atoms with Gasteiger partial charge in [0.25, 0.3) is 0 Å². The molecule has 1 aromatic carbocycles. The van der Waals surface area contributed by atoms with Gasteiger partial charge < -0.3 is 10.1 Å². The highest BCUT2D eigenvalue weighted by Crippen LogP contribution is 2.44. The van der Waals surface area contributed by atoms with Gasteiger partial charge in [-0.05, 0) is 75.2 Å². The number of benzene rings is 1. The van der Waals surface area contributed by atoms with Crippen molar-refractivity contribution in [2.24, 2.45) is 5.92 Å². The predicted molar refractivity (Wildman–Crippen MR) is 96.4 cm³/mol. The van der Waals surface area contributed by atoms with Crippen LogP contribution in [0.3, 0.4) is 0 Å². The molecule has 1 aliphatic carbocycles. The molecular weight excluding hydrogens is 300 g/mol. The molecule has 1 saturated carbocycles. The highest BCUT2D eigenvalue weighted by molar-refractivity contribution is 5.77. The molecule has 2 fully saturated rings. The van der Waals surface area contributed by atoms with Crippen LogP contribution < -0.4 is 10.1 Å². The Labute approximate surface area is 145 Å². The fourth-order valence-electron chi connectivity index (χ4n) is 3.75. The number of ether oxygens (including phenoxy) is 1. The molecule has 2 unspecified atom stereocenters. The van der Waals surface area contributed by atoms with E-state index in [2.05, 4.69) is 29.3 Å². The van der Waals surface area contributed by atoms with E-state index in [1.165, 1.54) is 44.3 Å². The van der Waals surface area contributed by atoms with E-state index in [1.54, 1.807) is 7.11 Å². The first-order chi connectivity index (χ1) is 11.7. The van der Waals surface area contributed by atoms with Crippen molar-refractivity contribution in [1.82, 2.24) is 10.2 Å². The number of carbonyl (C=O) groups excluding carboxylic acids is 1. The van der Waals surface area contributed by atoms with Gasteiger partial charge in [-0.25, -0.2) is 0 Å². The summed E-state index contributed by atoms with van der Waals surface area (Å²) < 4.78 is 5.24. The van der Waals surface area contributed by atoms with Gasteiger partial charge in [0.05, 0.1) is 7.11 Å². The lowest BCUT2D eigenvalue weighted by Crippen LogP contribution is -2.41. The highest BCUT2D eigenvalue weighted by atomic mass is 16.5. The number of rotatable bonds is 8. The van der Waals surface area contributed by atoms with Gasteiger partial charge in [0.15, 0.2) is 0 Å². The van der Waals surface area contributed by atoms with Gasteiger partial charge in [-0.3, -0.25) is 9.69 Å². The molecule has 1 aliphatic heterocycles. The van der Waals surface area contributed by atoms with Crippen molar-refractivity contribution in [3.8, 4) is 5.75 Å². The van der Waals surface area contributed by atoms with Crippen LogP contribution >= 0.6 is 0 Å². The third-order valence-electron chi connectivity index (χ3n) is 5.50. The van der Waals surface area contributed by atoms with Crippen molar-refractivity contribution >= 4 is 5.91 Å². The summed E-state index contributed by atoms with van der Waals surface area (Å²) in [5, 5.41) is 3.16. The molecule has 1 heterocycles. The largest absolute Gasteiger partial charge is 0.497 e. The average Bonchev–Trinajstić information content (AvgIpc) is 3.30. The van der Waals surface area contributed by atoms with E-state index in [1.807, 2.05) is 12.1 Å². The molecule has 0 radical (unpaired) electrons. The maximum absolute atomic E-state index is 12.4. The number of hydrogen-bond acceptors (Lipinski definition) is 3. The van der Waals surface area contributed by atoms with Crippen LogP contribution in [0.25, 0.3) is 0 Å². The van der Waals surface area contributed by atoms with Crippen LogP contribution in [0.15, 0.2) is 24.3 Å². The lowest BCUT2D eigenvalue weighted by Gasteiger charge is -2.24. The first kappa shape index (κ1) is 17.3. The fourth-order valence-corrected chi connectivity index (χ4v) is 3.75. The van der Waals surface area contributed by atoms with Crippen LogP contribution in [0.2, 0.25) is 0 Å². The highest BCUT2D eigenvalue weighted by Gasteiger charge is 2.33. The molecule has 0 bridgehead atoms. The summed E-state index contributed by atoms with van der Waals surface area (Å²) in [5.74, 6) is 2.07. The number of hydrogen-bond donors (Lipinski definition) is 1. The number of nitrogens with zero attached hydrogens (tertiary/aromatic N) is 1. The summed E-state index contributed by atoms with van der Waals surface area (Å²) in [4.78, 5) is 14.9. The lowest BCUT2D eigenvalue weighted by molar-refractivity contribution is -0.121. The molecule has 1 N–H and O–H groups in total. The van der Waals surface area contributed by atoms with Gasteiger partial charge in [0.1, 0.15) is 5.75 Å². The number of nitrogens with one attached hydrogen (secondary N) is 1. The third-order valence-corrected chi connectivity index (χ3v) is 5.50. The van der Waals surface area contributed by atoms with E-state index in [0.717, 1.165) is 12.3 Å². The number of likely N-dealkylation sites (tertiary alicyclic amines) is 1. The minimum Gasteiger partial charge on any atom is -0.497 e. The Balaban J connectivity index is 1.52.